The first kappa shape index (κ1) is 12.0. The van der Waals surface area contributed by atoms with E-state index < -0.39 is 0 Å². The zero-order chi connectivity index (χ0) is 12.5. The summed E-state index contributed by atoms with van der Waals surface area (Å²) in [5, 5.41) is 3.53. The molecule has 1 fully saturated rings. The molecule has 0 spiro atoms. The zero-order valence-corrected chi connectivity index (χ0v) is 11.6. The Kier molecular flexibility index (Phi) is 3.29. The second-order valence-electron chi connectivity index (χ2n) is 5.74. The Hall–Kier alpha value is -1.02. The largest absolute Gasteiger partial charge is 0.366 e. The van der Waals surface area contributed by atoms with Gasteiger partial charge in [0.15, 0.2) is 0 Å². The SMILES string of the molecule is CCC1CCC(C)N1c1cccc2c1CNCC2. The Morgan fingerprint density at radius 2 is 2.22 bits per heavy atom. The lowest BCUT2D eigenvalue weighted by Crippen LogP contribution is -2.36. The van der Waals surface area contributed by atoms with Crippen LogP contribution in [0.15, 0.2) is 18.2 Å². The number of anilines is 1. The molecular formula is C16H24N2. The number of fused-ring (bicyclic) bond motifs is 1. The minimum absolute atomic E-state index is 0.698. The van der Waals surface area contributed by atoms with Crippen LogP contribution in [-0.2, 0) is 13.0 Å². The Morgan fingerprint density at radius 3 is 3.06 bits per heavy atom. The van der Waals surface area contributed by atoms with Gasteiger partial charge >= 0.3 is 0 Å². The smallest absolute Gasteiger partial charge is 0.0419 e. The maximum atomic E-state index is 3.53. The van der Waals surface area contributed by atoms with E-state index in [0.29, 0.717) is 6.04 Å². The minimum Gasteiger partial charge on any atom is -0.366 e. The number of nitrogens with zero attached hydrogens (tertiary/aromatic N) is 1. The molecule has 2 unspecified atom stereocenters. The summed E-state index contributed by atoms with van der Waals surface area (Å²) >= 11 is 0. The number of hydrogen-bond donors (Lipinski definition) is 1. The van der Waals surface area contributed by atoms with E-state index in [9.17, 15) is 0 Å². The molecule has 1 saturated heterocycles. The number of nitrogens with one attached hydrogen (secondary N) is 1. The second kappa shape index (κ2) is 4.93. The van der Waals surface area contributed by atoms with E-state index in [1.54, 1.807) is 11.1 Å². The zero-order valence-electron chi connectivity index (χ0n) is 11.6. The lowest BCUT2D eigenvalue weighted by Gasteiger charge is -2.34. The molecule has 0 radical (unpaired) electrons. The van der Waals surface area contributed by atoms with Crippen LogP contribution in [0, 0.1) is 0 Å². The number of rotatable bonds is 2. The van der Waals surface area contributed by atoms with Crippen molar-refractivity contribution < 1.29 is 0 Å². The molecule has 1 aromatic rings. The third-order valence-electron chi connectivity index (χ3n) is 4.66. The maximum Gasteiger partial charge on any atom is 0.0419 e. The first-order valence-corrected chi connectivity index (χ1v) is 7.41. The van der Waals surface area contributed by atoms with Crippen LogP contribution in [0.5, 0.6) is 0 Å². The van der Waals surface area contributed by atoms with Gasteiger partial charge in [-0.25, -0.2) is 0 Å². The Bertz CT molecular complexity index is 427. The van der Waals surface area contributed by atoms with Crippen molar-refractivity contribution in [2.24, 2.45) is 0 Å². The molecule has 3 rings (SSSR count). The van der Waals surface area contributed by atoms with E-state index in [0.717, 1.165) is 19.1 Å². The Morgan fingerprint density at radius 1 is 1.33 bits per heavy atom. The van der Waals surface area contributed by atoms with E-state index in [-0.39, 0.29) is 0 Å². The van der Waals surface area contributed by atoms with Crippen molar-refractivity contribution >= 4 is 5.69 Å². The third kappa shape index (κ3) is 1.93. The first-order chi connectivity index (χ1) is 8.81. The molecule has 2 aliphatic rings. The maximum absolute atomic E-state index is 3.53. The van der Waals surface area contributed by atoms with Crippen molar-refractivity contribution in [3.8, 4) is 0 Å². The molecule has 2 heterocycles. The van der Waals surface area contributed by atoms with Gasteiger partial charge in [0, 0.05) is 24.3 Å². The minimum atomic E-state index is 0.698. The topological polar surface area (TPSA) is 15.3 Å². The fourth-order valence-corrected chi connectivity index (χ4v) is 3.64. The molecule has 0 amide bonds. The number of benzene rings is 1. The Balaban J connectivity index is 2.00. The highest BCUT2D eigenvalue weighted by molar-refractivity contribution is 5.59. The van der Waals surface area contributed by atoms with Gasteiger partial charge in [-0.3, -0.25) is 0 Å². The van der Waals surface area contributed by atoms with Gasteiger partial charge in [0.25, 0.3) is 0 Å². The third-order valence-corrected chi connectivity index (χ3v) is 4.66. The normalized spacial score (nSPS) is 27.3. The van der Waals surface area contributed by atoms with Crippen molar-refractivity contribution in [2.45, 2.75) is 58.2 Å². The quantitative estimate of drug-likeness (QED) is 0.860. The first-order valence-electron chi connectivity index (χ1n) is 7.41. The van der Waals surface area contributed by atoms with Crippen LogP contribution >= 0.6 is 0 Å². The highest BCUT2D eigenvalue weighted by Gasteiger charge is 2.31. The van der Waals surface area contributed by atoms with Gasteiger partial charge in [-0.05, 0) is 56.3 Å². The van der Waals surface area contributed by atoms with E-state index in [4.69, 9.17) is 0 Å². The molecule has 2 aliphatic heterocycles. The molecule has 0 saturated carbocycles. The molecule has 1 N–H and O–H groups in total. The van der Waals surface area contributed by atoms with Crippen molar-refractivity contribution in [3.05, 3.63) is 29.3 Å². The second-order valence-corrected chi connectivity index (χ2v) is 5.74. The lowest BCUT2D eigenvalue weighted by molar-refractivity contribution is 0.607. The standard InChI is InChI=1S/C16H24N2/c1-3-14-8-7-12(2)18(14)16-6-4-5-13-9-10-17-11-15(13)16/h4-6,12,14,17H,3,7-11H2,1-2H3. The summed E-state index contributed by atoms with van der Waals surface area (Å²) in [7, 11) is 0. The molecule has 0 aromatic heterocycles. The highest BCUT2D eigenvalue weighted by atomic mass is 15.2. The van der Waals surface area contributed by atoms with E-state index in [1.807, 2.05) is 0 Å². The summed E-state index contributed by atoms with van der Waals surface area (Å²) in [6, 6.07) is 8.33. The highest BCUT2D eigenvalue weighted by Crippen LogP contribution is 2.36. The Labute approximate surface area is 110 Å². The molecule has 1 aromatic carbocycles. The molecular weight excluding hydrogens is 220 g/mol. The van der Waals surface area contributed by atoms with E-state index in [2.05, 4.69) is 42.3 Å². The van der Waals surface area contributed by atoms with Gasteiger partial charge in [0.2, 0.25) is 0 Å². The average Bonchev–Trinajstić information content (AvgIpc) is 2.79. The van der Waals surface area contributed by atoms with Crippen LogP contribution in [0.25, 0.3) is 0 Å². The summed E-state index contributed by atoms with van der Waals surface area (Å²) in [5.74, 6) is 0. The van der Waals surface area contributed by atoms with Gasteiger partial charge in [-0.15, -0.1) is 0 Å². The fraction of sp³-hybridized carbons (Fsp3) is 0.625. The lowest BCUT2D eigenvalue weighted by atomic mass is 9.98. The summed E-state index contributed by atoms with van der Waals surface area (Å²) in [6.45, 7) is 6.88. The van der Waals surface area contributed by atoms with Crippen LogP contribution < -0.4 is 10.2 Å². The van der Waals surface area contributed by atoms with E-state index >= 15 is 0 Å². The molecule has 2 heteroatoms. The van der Waals surface area contributed by atoms with Crippen LogP contribution in [-0.4, -0.2) is 18.6 Å². The van der Waals surface area contributed by atoms with Gasteiger partial charge in [0.1, 0.15) is 0 Å². The molecule has 2 atom stereocenters. The van der Waals surface area contributed by atoms with Crippen LogP contribution in [0.4, 0.5) is 5.69 Å². The fourth-order valence-electron chi connectivity index (χ4n) is 3.64. The summed E-state index contributed by atoms with van der Waals surface area (Å²) in [6.07, 6.45) is 5.15. The molecule has 0 aliphatic carbocycles. The monoisotopic (exact) mass is 244 g/mol. The molecule has 98 valence electrons. The van der Waals surface area contributed by atoms with Crippen molar-refractivity contribution in [1.82, 2.24) is 5.32 Å². The number of hydrogen-bond acceptors (Lipinski definition) is 2. The van der Waals surface area contributed by atoms with Crippen LogP contribution in [0.3, 0.4) is 0 Å². The molecule has 2 nitrogen and oxygen atoms in total. The van der Waals surface area contributed by atoms with Crippen LogP contribution in [0.2, 0.25) is 0 Å². The van der Waals surface area contributed by atoms with Crippen LogP contribution in [0.1, 0.15) is 44.2 Å². The van der Waals surface area contributed by atoms with Gasteiger partial charge < -0.3 is 10.2 Å². The van der Waals surface area contributed by atoms with E-state index in [1.165, 1.54) is 31.4 Å². The average molecular weight is 244 g/mol. The predicted molar refractivity (Wildman–Crippen MR) is 77.1 cm³/mol. The molecule has 0 bridgehead atoms. The summed E-state index contributed by atoms with van der Waals surface area (Å²) < 4.78 is 0. The summed E-state index contributed by atoms with van der Waals surface area (Å²) in [5.41, 5.74) is 4.60. The van der Waals surface area contributed by atoms with Gasteiger partial charge in [-0.1, -0.05) is 19.1 Å². The van der Waals surface area contributed by atoms with Crippen molar-refractivity contribution in [1.29, 1.82) is 0 Å². The predicted octanol–water partition coefficient (Wildman–Crippen LogP) is 3.10. The van der Waals surface area contributed by atoms with Crippen molar-refractivity contribution in [2.75, 3.05) is 11.4 Å². The summed E-state index contributed by atoms with van der Waals surface area (Å²) in [4.78, 5) is 2.69. The molecule has 18 heavy (non-hydrogen) atoms. The van der Waals surface area contributed by atoms with Gasteiger partial charge in [0.05, 0.1) is 0 Å². The van der Waals surface area contributed by atoms with Crippen molar-refractivity contribution in [3.63, 3.8) is 0 Å². The van der Waals surface area contributed by atoms with Gasteiger partial charge in [-0.2, -0.15) is 0 Å².